The van der Waals surface area contributed by atoms with Gasteiger partial charge < -0.3 is 19.8 Å². The highest BCUT2D eigenvalue weighted by atomic mass is 16.4. The molecule has 2 aromatic heterocycles. The Labute approximate surface area is 140 Å². The van der Waals surface area contributed by atoms with E-state index in [0.717, 1.165) is 27.8 Å². The molecule has 0 aliphatic heterocycles. The molecule has 126 valence electrons. The van der Waals surface area contributed by atoms with Crippen LogP contribution in [0, 0.1) is 20.8 Å². The van der Waals surface area contributed by atoms with Crippen LogP contribution in [0.5, 0.6) is 0 Å². The van der Waals surface area contributed by atoms with Gasteiger partial charge in [0, 0.05) is 10.9 Å². The number of hydrogen-bond acceptors (Lipinski definition) is 3. The zero-order chi connectivity index (χ0) is 17.5. The van der Waals surface area contributed by atoms with Gasteiger partial charge in [-0.3, -0.25) is 4.79 Å². The Bertz CT molecular complexity index is 903. The second-order valence-electron chi connectivity index (χ2n) is 6.54. The van der Waals surface area contributed by atoms with Gasteiger partial charge in [0.1, 0.15) is 22.8 Å². The highest BCUT2D eigenvalue weighted by Gasteiger charge is 2.28. The molecule has 5 heteroatoms. The third kappa shape index (κ3) is 2.95. The number of hydrogen-bond donors (Lipinski definition) is 3. The minimum Gasteiger partial charge on any atom is -0.463 e. The normalized spacial score (nSPS) is 13.9. The summed E-state index contributed by atoms with van der Waals surface area (Å²) >= 11 is 0. The van der Waals surface area contributed by atoms with Gasteiger partial charge in [0.2, 0.25) is 0 Å². The highest BCUT2D eigenvalue weighted by Crippen LogP contribution is 2.24. The molecule has 0 saturated heterocycles. The standard InChI is InChI=1S/C19H22N2O3/c1-11-5-7-15-14(9-11)13(3)17(21-15)18(22)20-10-19(4,23)16-8-6-12(2)24-16/h5-9,21,23H,10H2,1-4H3,(H,20,22). The Morgan fingerprint density at radius 2 is 2.00 bits per heavy atom. The van der Waals surface area contributed by atoms with E-state index in [9.17, 15) is 9.90 Å². The van der Waals surface area contributed by atoms with E-state index in [1.54, 1.807) is 19.1 Å². The molecule has 0 radical (unpaired) electrons. The van der Waals surface area contributed by atoms with Crippen molar-refractivity contribution in [2.75, 3.05) is 6.54 Å². The molecule has 1 aromatic carbocycles. The van der Waals surface area contributed by atoms with E-state index in [-0.39, 0.29) is 12.5 Å². The van der Waals surface area contributed by atoms with Crippen molar-refractivity contribution in [1.29, 1.82) is 0 Å². The smallest absolute Gasteiger partial charge is 0.268 e. The first-order chi connectivity index (χ1) is 11.3. The lowest BCUT2D eigenvalue weighted by molar-refractivity contribution is 0.0322. The maximum Gasteiger partial charge on any atom is 0.268 e. The van der Waals surface area contributed by atoms with E-state index < -0.39 is 5.60 Å². The number of aromatic amines is 1. The van der Waals surface area contributed by atoms with Crippen molar-refractivity contribution in [3.63, 3.8) is 0 Å². The lowest BCUT2D eigenvalue weighted by atomic mass is 10.0. The molecule has 0 aliphatic rings. The Hall–Kier alpha value is -2.53. The summed E-state index contributed by atoms with van der Waals surface area (Å²) in [6.07, 6.45) is 0. The summed E-state index contributed by atoms with van der Waals surface area (Å²) in [5, 5.41) is 14.3. The Morgan fingerprint density at radius 1 is 1.25 bits per heavy atom. The van der Waals surface area contributed by atoms with E-state index >= 15 is 0 Å². The molecule has 5 nitrogen and oxygen atoms in total. The molecule has 3 rings (SSSR count). The van der Waals surface area contributed by atoms with Crippen LogP contribution in [0.2, 0.25) is 0 Å². The van der Waals surface area contributed by atoms with Crippen LogP contribution in [0.15, 0.2) is 34.7 Å². The average Bonchev–Trinajstić information content (AvgIpc) is 3.10. The molecule has 24 heavy (non-hydrogen) atoms. The fourth-order valence-corrected chi connectivity index (χ4v) is 2.82. The lowest BCUT2D eigenvalue weighted by Crippen LogP contribution is -2.38. The van der Waals surface area contributed by atoms with Crippen LogP contribution >= 0.6 is 0 Å². The molecule has 0 spiro atoms. The first-order valence-corrected chi connectivity index (χ1v) is 7.94. The summed E-state index contributed by atoms with van der Waals surface area (Å²) in [6.45, 7) is 7.43. The first kappa shape index (κ1) is 16.3. The van der Waals surface area contributed by atoms with Crippen LogP contribution in [-0.2, 0) is 5.60 Å². The number of aliphatic hydroxyl groups is 1. The van der Waals surface area contributed by atoms with Crippen molar-refractivity contribution >= 4 is 16.8 Å². The molecule has 3 aromatic rings. The maximum atomic E-state index is 12.5. The quantitative estimate of drug-likeness (QED) is 0.688. The molecule has 1 unspecified atom stereocenters. The van der Waals surface area contributed by atoms with Crippen LogP contribution < -0.4 is 5.32 Å². The van der Waals surface area contributed by atoms with Crippen molar-refractivity contribution < 1.29 is 14.3 Å². The summed E-state index contributed by atoms with van der Waals surface area (Å²) < 4.78 is 5.46. The fraction of sp³-hybridized carbons (Fsp3) is 0.316. The van der Waals surface area contributed by atoms with Crippen molar-refractivity contribution in [2.45, 2.75) is 33.3 Å². The number of benzene rings is 1. The minimum atomic E-state index is -1.26. The van der Waals surface area contributed by atoms with Gasteiger partial charge in [0.25, 0.3) is 5.91 Å². The molecule has 0 saturated carbocycles. The van der Waals surface area contributed by atoms with Crippen LogP contribution in [-0.4, -0.2) is 22.5 Å². The summed E-state index contributed by atoms with van der Waals surface area (Å²) in [5.74, 6) is 0.910. The molecule has 0 bridgehead atoms. The summed E-state index contributed by atoms with van der Waals surface area (Å²) in [4.78, 5) is 15.7. The predicted molar refractivity (Wildman–Crippen MR) is 93.1 cm³/mol. The third-order valence-corrected chi connectivity index (χ3v) is 4.31. The maximum absolute atomic E-state index is 12.5. The summed E-state index contributed by atoms with van der Waals surface area (Å²) in [5.41, 5.74) is 2.23. The number of carbonyl (C=O) groups excluding carboxylic acids is 1. The fourth-order valence-electron chi connectivity index (χ4n) is 2.82. The second kappa shape index (κ2) is 5.83. The Kier molecular flexibility index (Phi) is 3.97. The van der Waals surface area contributed by atoms with E-state index in [1.165, 1.54) is 0 Å². The largest absolute Gasteiger partial charge is 0.463 e. The zero-order valence-electron chi connectivity index (χ0n) is 14.4. The first-order valence-electron chi connectivity index (χ1n) is 7.94. The van der Waals surface area contributed by atoms with Gasteiger partial charge in [0.15, 0.2) is 0 Å². The van der Waals surface area contributed by atoms with E-state index in [0.29, 0.717) is 11.5 Å². The van der Waals surface area contributed by atoms with Crippen molar-refractivity contribution in [1.82, 2.24) is 10.3 Å². The molecular formula is C19H22N2O3. The van der Waals surface area contributed by atoms with Crippen molar-refractivity contribution in [3.05, 3.63) is 58.7 Å². The van der Waals surface area contributed by atoms with E-state index in [4.69, 9.17) is 4.42 Å². The number of furan rings is 1. The SMILES string of the molecule is Cc1ccc2[nH]c(C(=O)NCC(C)(O)c3ccc(C)o3)c(C)c2c1. The molecule has 2 heterocycles. The topological polar surface area (TPSA) is 78.3 Å². The molecule has 1 atom stereocenters. The van der Waals surface area contributed by atoms with Crippen LogP contribution in [0.4, 0.5) is 0 Å². The van der Waals surface area contributed by atoms with Crippen LogP contribution in [0.3, 0.4) is 0 Å². The lowest BCUT2D eigenvalue weighted by Gasteiger charge is -2.21. The van der Waals surface area contributed by atoms with Gasteiger partial charge in [-0.2, -0.15) is 0 Å². The molecule has 0 fully saturated rings. The number of nitrogens with one attached hydrogen (secondary N) is 2. The molecule has 1 amide bonds. The average molecular weight is 326 g/mol. The molecular weight excluding hydrogens is 304 g/mol. The van der Waals surface area contributed by atoms with Crippen molar-refractivity contribution in [2.24, 2.45) is 0 Å². The second-order valence-corrected chi connectivity index (χ2v) is 6.54. The highest BCUT2D eigenvalue weighted by molar-refractivity contribution is 6.01. The Morgan fingerprint density at radius 3 is 2.67 bits per heavy atom. The Balaban J connectivity index is 1.79. The van der Waals surface area contributed by atoms with E-state index in [2.05, 4.69) is 16.4 Å². The summed E-state index contributed by atoms with van der Waals surface area (Å²) in [7, 11) is 0. The number of rotatable bonds is 4. The third-order valence-electron chi connectivity index (χ3n) is 4.31. The number of carbonyl (C=O) groups is 1. The monoisotopic (exact) mass is 326 g/mol. The number of fused-ring (bicyclic) bond motifs is 1. The number of aryl methyl sites for hydroxylation is 3. The number of amides is 1. The summed E-state index contributed by atoms with van der Waals surface area (Å²) in [6, 6.07) is 9.54. The minimum absolute atomic E-state index is 0.0621. The predicted octanol–water partition coefficient (Wildman–Crippen LogP) is 3.32. The molecule has 0 aliphatic carbocycles. The van der Waals surface area contributed by atoms with Crippen molar-refractivity contribution in [3.8, 4) is 0 Å². The van der Waals surface area contributed by atoms with Crippen LogP contribution in [0.1, 0.15) is 40.1 Å². The number of aromatic nitrogens is 1. The van der Waals surface area contributed by atoms with Crippen LogP contribution in [0.25, 0.3) is 10.9 Å². The molecule has 3 N–H and O–H groups in total. The van der Waals surface area contributed by atoms with Gasteiger partial charge >= 0.3 is 0 Å². The van der Waals surface area contributed by atoms with E-state index in [1.807, 2.05) is 32.9 Å². The van der Waals surface area contributed by atoms with Gasteiger partial charge in [-0.1, -0.05) is 11.6 Å². The van der Waals surface area contributed by atoms with Gasteiger partial charge in [-0.25, -0.2) is 0 Å². The van der Waals surface area contributed by atoms with Gasteiger partial charge in [-0.05, 0) is 57.5 Å². The van der Waals surface area contributed by atoms with Gasteiger partial charge in [0.05, 0.1) is 6.54 Å². The number of H-pyrrole nitrogens is 1. The van der Waals surface area contributed by atoms with Gasteiger partial charge in [-0.15, -0.1) is 0 Å². The zero-order valence-corrected chi connectivity index (χ0v) is 14.4.